The lowest BCUT2D eigenvalue weighted by atomic mass is 10.1. The summed E-state index contributed by atoms with van der Waals surface area (Å²) in [5, 5.41) is 16.2. The van der Waals surface area contributed by atoms with Gasteiger partial charge in [-0.15, -0.1) is 5.10 Å². The molecule has 1 saturated heterocycles. The Labute approximate surface area is 123 Å². The van der Waals surface area contributed by atoms with Crippen LogP contribution in [0.3, 0.4) is 0 Å². The molecule has 0 aromatic carbocycles. The first-order chi connectivity index (χ1) is 10.0. The van der Waals surface area contributed by atoms with Gasteiger partial charge in [0.1, 0.15) is 10.8 Å². The van der Waals surface area contributed by atoms with Crippen LogP contribution in [0.1, 0.15) is 27.0 Å². The van der Waals surface area contributed by atoms with Gasteiger partial charge < -0.3 is 10.0 Å². The van der Waals surface area contributed by atoms with Gasteiger partial charge in [0.15, 0.2) is 5.69 Å². The molecule has 1 aliphatic rings. The molecule has 108 valence electrons. The van der Waals surface area contributed by atoms with Crippen molar-refractivity contribution in [2.24, 2.45) is 0 Å². The molecule has 0 atom stereocenters. The van der Waals surface area contributed by atoms with Gasteiger partial charge in [0.25, 0.3) is 5.91 Å². The number of aromatic nitrogens is 5. The van der Waals surface area contributed by atoms with Gasteiger partial charge >= 0.3 is 5.97 Å². The van der Waals surface area contributed by atoms with Crippen LogP contribution in [0.5, 0.6) is 0 Å². The van der Waals surface area contributed by atoms with Gasteiger partial charge in [0.2, 0.25) is 0 Å². The maximum absolute atomic E-state index is 12.1. The number of nitrogens with zero attached hydrogens (tertiary/aromatic N) is 6. The Bertz CT molecular complexity index is 711. The molecule has 0 radical (unpaired) electrons. The summed E-state index contributed by atoms with van der Waals surface area (Å²) in [6.07, 6.45) is 4.04. The fourth-order valence-corrected chi connectivity index (χ4v) is 2.10. The van der Waals surface area contributed by atoms with E-state index < -0.39 is 5.97 Å². The SMILES string of the molecule is O=C(O)c1cn(C2CN(C(=O)c3cncc(Cl)n3)C2)nn1. The van der Waals surface area contributed by atoms with Crippen molar-refractivity contribution in [3.8, 4) is 0 Å². The van der Waals surface area contributed by atoms with Gasteiger partial charge in [-0.25, -0.2) is 14.5 Å². The molecule has 1 aliphatic heterocycles. The molecular formula is C11H9ClN6O3. The minimum Gasteiger partial charge on any atom is -0.476 e. The first kappa shape index (κ1) is 13.4. The van der Waals surface area contributed by atoms with Crippen molar-refractivity contribution in [2.45, 2.75) is 6.04 Å². The van der Waals surface area contributed by atoms with Gasteiger partial charge in [-0.1, -0.05) is 16.8 Å². The van der Waals surface area contributed by atoms with E-state index in [1.54, 1.807) is 4.90 Å². The lowest BCUT2D eigenvalue weighted by Crippen LogP contribution is -2.51. The molecule has 0 saturated carbocycles. The van der Waals surface area contributed by atoms with E-state index >= 15 is 0 Å². The summed E-state index contributed by atoms with van der Waals surface area (Å²) in [5.74, 6) is -1.41. The maximum Gasteiger partial charge on any atom is 0.358 e. The molecule has 3 heterocycles. The molecule has 1 N–H and O–H groups in total. The van der Waals surface area contributed by atoms with E-state index in [4.69, 9.17) is 16.7 Å². The zero-order valence-electron chi connectivity index (χ0n) is 10.5. The largest absolute Gasteiger partial charge is 0.476 e. The predicted molar refractivity (Wildman–Crippen MR) is 69.0 cm³/mol. The van der Waals surface area contributed by atoms with Crippen molar-refractivity contribution < 1.29 is 14.7 Å². The second kappa shape index (κ2) is 5.09. The van der Waals surface area contributed by atoms with E-state index in [9.17, 15) is 9.59 Å². The van der Waals surface area contributed by atoms with Crippen LogP contribution < -0.4 is 0 Å². The van der Waals surface area contributed by atoms with Gasteiger partial charge in [-0.05, 0) is 0 Å². The molecule has 21 heavy (non-hydrogen) atoms. The average molecular weight is 309 g/mol. The topological polar surface area (TPSA) is 114 Å². The van der Waals surface area contributed by atoms with E-state index in [2.05, 4.69) is 20.3 Å². The number of hydrogen-bond donors (Lipinski definition) is 1. The molecule has 0 spiro atoms. The first-order valence-corrected chi connectivity index (χ1v) is 6.34. The number of carboxylic acid groups (broad SMARTS) is 1. The van der Waals surface area contributed by atoms with Crippen molar-refractivity contribution in [3.05, 3.63) is 35.1 Å². The second-order valence-corrected chi connectivity index (χ2v) is 4.87. The quantitative estimate of drug-likeness (QED) is 0.856. The molecule has 9 nitrogen and oxygen atoms in total. The van der Waals surface area contributed by atoms with E-state index in [1.807, 2.05) is 0 Å². The molecule has 1 fully saturated rings. The minimum atomic E-state index is -1.14. The van der Waals surface area contributed by atoms with Crippen molar-refractivity contribution >= 4 is 23.5 Å². The Hall–Kier alpha value is -2.55. The molecule has 2 aromatic rings. The van der Waals surface area contributed by atoms with Gasteiger partial charge in [-0.2, -0.15) is 0 Å². The van der Waals surface area contributed by atoms with Gasteiger partial charge in [-0.3, -0.25) is 9.78 Å². The number of carbonyl (C=O) groups is 2. The van der Waals surface area contributed by atoms with Crippen LogP contribution >= 0.6 is 11.6 Å². The van der Waals surface area contributed by atoms with Crippen LogP contribution in [0, 0.1) is 0 Å². The highest BCUT2D eigenvalue weighted by Crippen LogP contribution is 2.22. The lowest BCUT2D eigenvalue weighted by molar-refractivity contribution is 0.0491. The smallest absolute Gasteiger partial charge is 0.358 e. The number of rotatable bonds is 3. The fraction of sp³-hybridized carbons (Fsp3) is 0.273. The van der Waals surface area contributed by atoms with Crippen molar-refractivity contribution in [3.63, 3.8) is 0 Å². The van der Waals surface area contributed by atoms with Gasteiger partial charge in [0.05, 0.1) is 24.6 Å². The Morgan fingerprint density at radius 1 is 1.29 bits per heavy atom. The molecule has 3 rings (SSSR count). The molecular weight excluding hydrogens is 300 g/mol. The highest BCUT2D eigenvalue weighted by molar-refractivity contribution is 6.29. The Balaban J connectivity index is 1.65. The summed E-state index contributed by atoms with van der Waals surface area (Å²) in [4.78, 5) is 32.1. The van der Waals surface area contributed by atoms with Crippen LogP contribution in [0.25, 0.3) is 0 Å². The predicted octanol–water partition coefficient (Wildman–Crippen LogP) is 0.117. The zero-order valence-corrected chi connectivity index (χ0v) is 11.3. The minimum absolute atomic E-state index is 0.0957. The number of carboxylic acids is 1. The Morgan fingerprint density at radius 3 is 2.67 bits per heavy atom. The van der Waals surface area contributed by atoms with Crippen molar-refractivity contribution in [2.75, 3.05) is 13.1 Å². The first-order valence-electron chi connectivity index (χ1n) is 5.96. The maximum atomic E-state index is 12.1. The van der Waals surface area contributed by atoms with Crippen molar-refractivity contribution in [1.29, 1.82) is 0 Å². The van der Waals surface area contributed by atoms with E-state index in [0.29, 0.717) is 13.1 Å². The van der Waals surface area contributed by atoms with E-state index in [1.165, 1.54) is 23.3 Å². The van der Waals surface area contributed by atoms with E-state index in [-0.39, 0.29) is 28.5 Å². The number of amides is 1. The molecule has 0 unspecified atom stereocenters. The number of likely N-dealkylation sites (tertiary alicyclic amines) is 1. The summed E-state index contributed by atoms with van der Waals surface area (Å²) in [5.41, 5.74) is 0.0475. The highest BCUT2D eigenvalue weighted by Gasteiger charge is 2.34. The summed E-state index contributed by atoms with van der Waals surface area (Å²) in [7, 11) is 0. The van der Waals surface area contributed by atoms with Gasteiger partial charge in [0, 0.05) is 13.1 Å². The molecule has 0 bridgehead atoms. The number of aromatic carboxylic acids is 1. The zero-order chi connectivity index (χ0) is 15.0. The normalized spacial score (nSPS) is 14.8. The third-order valence-electron chi connectivity index (χ3n) is 3.08. The molecule has 1 amide bonds. The third kappa shape index (κ3) is 2.55. The Kier molecular flexibility index (Phi) is 3.26. The van der Waals surface area contributed by atoms with E-state index in [0.717, 1.165) is 0 Å². The Morgan fingerprint density at radius 2 is 2.05 bits per heavy atom. The number of carbonyl (C=O) groups excluding carboxylic acids is 1. The summed E-state index contributed by atoms with van der Waals surface area (Å²) in [6.45, 7) is 0.797. The summed E-state index contributed by atoms with van der Waals surface area (Å²) in [6, 6.07) is -0.0957. The average Bonchev–Trinajstić information content (AvgIpc) is 2.86. The number of halogens is 1. The van der Waals surface area contributed by atoms with Crippen LogP contribution in [-0.2, 0) is 0 Å². The summed E-state index contributed by atoms with van der Waals surface area (Å²) < 4.78 is 1.44. The molecule has 2 aromatic heterocycles. The standard InChI is InChI=1S/C11H9ClN6O3/c12-9-2-13-1-7(14-9)10(19)17-3-6(4-17)18-5-8(11(20)21)15-16-18/h1-2,5-6H,3-4H2,(H,20,21). The third-order valence-corrected chi connectivity index (χ3v) is 3.26. The highest BCUT2D eigenvalue weighted by atomic mass is 35.5. The molecule has 10 heteroatoms. The summed E-state index contributed by atoms with van der Waals surface area (Å²) >= 11 is 5.69. The van der Waals surface area contributed by atoms with Crippen LogP contribution in [0.2, 0.25) is 5.15 Å². The van der Waals surface area contributed by atoms with Crippen LogP contribution in [-0.4, -0.2) is 59.9 Å². The monoisotopic (exact) mass is 308 g/mol. The number of hydrogen-bond acceptors (Lipinski definition) is 6. The second-order valence-electron chi connectivity index (χ2n) is 4.48. The fourth-order valence-electron chi connectivity index (χ4n) is 1.95. The van der Waals surface area contributed by atoms with Crippen LogP contribution in [0.15, 0.2) is 18.6 Å². The van der Waals surface area contributed by atoms with Crippen LogP contribution in [0.4, 0.5) is 0 Å². The molecule has 0 aliphatic carbocycles. The van der Waals surface area contributed by atoms with Crippen molar-refractivity contribution in [1.82, 2.24) is 29.9 Å². The lowest BCUT2D eigenvalue weighted by Gasteiger charge is -2.38.